The number of hydrogen-bond acceptors (Lipinski definition) is 3. The van der Waals surface area contributed by atoms with Crippen LogP contribution in [-0.2, 0) is 0 Å². The summed E-state index contributed by atoms with van der Waals surface area (Å²) < 4.78 is 19.3. The van der Waals surface area contributed by atoms with Gasteiger partial charge in [-0.2, -0.15) is 0 Å². The molecule has 118 valence electrons. The average Bonchev–Trinajstić information content (AvgIpc) is 2.94. The molecular formula is C19H13FN2O2. The molecule has 0 unspecified atom stereocenters. The van der Waals surface area contributed by atoms with Crippen molar-refractivity contribution in [2.24, 2.45) is 0 Å². The fourth-order valence-electron chi connectivity index (χ4n) is 2.81. The number of halogens is 1. The van der Waals surface area contributed by atoms with E-state index in [9.17, 15) is 9.18 Å². The number of amides is 1. The van der Waals surface area contributed by atoms with Crippen LogP contribution >= 0.6 is 0 Å². The molecule has 4 aromatic rings. The summed E-state index contributed by atoms with van der Waals surface area (Å²) in [6, 6.07) is 13.9. The molecule has 1 amide bonds. The maximum Gasteiger partial charge on any atom is 0.291 e. The summed E-state index contributed by atoms with van der Waals surface area (Å²) in [5, 5.41) is 4.32. The molecule has 1 N–H and O–H groups in total. The van der Waals surface area contributed by atoms with E-state index in [1.807, 2.05) is 24.3 Å². The Hall–Kier alpha value is -3.21. The molecule has 0 radical (unpaired) electrons. The summed E-state index contributed by atoms with van der Waals surface area (Å²) in [5.41, 5.74) is 1.97. The highest BCUT2D eigenvalue weighted by molar-refractivity contribution is 6.09. The Morgan fingerprint density at radius 3 is 2.75 bits per heavy atom. The summed E-state index contributed by atoms with van der Waals surface area (Å²) in [6.45, 7) is 1.74. The number of aryl methyl sites for hydroxylation is 1. The lowest BCUT2D eigenvalue weighted by Gasteiger charge is -2.07. The Labute approximate surface area is 136 Å². The number of hydrogen-bond donors (Lipinski definition) is 1. The minimum atomic E-state index is -0.485. The van der Waals surface area contributed by atoms with Gasteiger partial charge in [0.2, 0.25) is 0 Å². The highest BCUT2D eigenvalue weighted by atomic mass is 19.1. The van der Waals surface area contributed by atoms with Crippen molar-refractivity contribution in [1.29, 1.82) is 0 Å². The quantitative estimate of drug-likeness (QED) is 0.583. The number of anilines is 1. The molecule has 0 aliphatic heterocycles. The number of fused-ring (bicyclic) bond motifs is 2. The maximum atomic E-state index is 13.8. The van der Waals surface area contributed by atoms with Crippen molar-refractivity contribution in [2.75, 3.05) is 5.32 Å². The standard InChI is InChI=1S/C19H13FN2O2/c1-11-13-7-3-8-14(20)18(13)24-17(11)19(23)22-15-9-2-5-12-6-4-10-21-16(12)15/h2-10H,1H3,(H,22,23). The van der Waals surface area contributed by atoms with Crippen LogP contribution in [0.2, 0.25) is 0 Å². The van der Waals surface area contributed by atoms with Gasteiger partial charge in [-0.1, -0.05) is 30.3 Å². The van der Waals surface area contributed by atoms with Crippen LogP contribution in [0.4, 0.5) is 10.1 Å². The SMILES string of the molecule is Cc1c(C(=O)Nc2cccc3cccnc23)oc2c(F)cccc12. The minimum Gasteiger partial charge on any atom is -0.448 e. The minimum absolute atomic E-state index is 0.0937. The zero-order valence-electron chi connectivity index (χ0n) is 12.8. The van der Waals surface area contributed by atoms with Gasteiger partial charge in [0.25, 0.3) is 5.91 Å². The van der Waals surface area contributed by atoms with E-state index >= 15 is 0 Å². The molecule has 5 heteroatoms. The normalized spacial score (nSPS) is 11.1. The first kappa shape index (κ1) is 14.4. The third-order valence-corrected chi connectivity index (χ3v) is 4.00. The van der Waals surface area contributed by atoms with Gasteiger partial charge < -0.3 is 9.73 Å². The second kappa shape index (κ2) is 5.45. The van der Waals surface area contributed by atoms with E-state index in [2.05, 4.69) is 10.3 Å². The lowest BCUT2D eigenvalue weighted by atomic mass is 10.1. The maximum absolute atomic E-state index is 13.8. The summed E-state index contributed by atoms with van der Waals surface area (Å²) in [7, 11) is 0. The number of nitrogens with one attached hydrogen (secondary N) is 1. The van der Waals surface area contributed by atoms with Gasteiger partial charge in [0.15, 0.2) is 17.2 Å². The first-order chi connectivity index (χ1) is 11.6. The summed E-state index contributed by atoms with van der Waals surface area (Å²) in [5.74, 6) is -0.814. The molecule has 0 atom stereocenters. The van der Waals surface area contributed by atoms with E-state index in [-0.39, 0.29) is 11.3 Å². The molecule has 2 aromatic carbocycles. The molecule has 0 aliphatic rings. The van der Waals surface area contributed by atoms with Crippen LogP contribution in [0.1, 0.15) is 16.1 Å². The van der Waals surface area contributed by atoms with E-state index in [0.717, 1.165) is 5.39 Å². The second-order valence-electron chi connectivity index (χ2n) is 5.51. The molecule has 0 spiro atoms. The average molecular weight is 320 g/mol. The highest BCUT2D eigenvalue weighted by Crippen LogP contribution is 2.28. The van der Waals surface area contributed by atoms with Crippen molar-refractivity contribution in [3.8, 4) is 0 Å². The van der Waals surface area contributed by atoms with Gasteiger partial charge in [-0.15, -0.1) is 0 Å². The number of carbonyl (C=O) groups is 1. The topological polar surface area (TPSA) is 55.1 Å². The number of pyridine rings is 1. The molecule has 0 saturated heterocycles. The van der Waals surface area contributed by atoms with Crippen LogP contribution in [0.15, 0.2) is 59.1 Å². The number of rotatable bonds is 2. The Kier molecular flexibility index (Phi) is 3.27. The Bertz CT molecular complexity index is 1080. The van der Waals surface area contributed by atoms with E-state index in [4.69, 9.17) is 4.42 Å². The van der Waals surface area contributed by atoms with Crippen LogP contribution in [0, 0.1) is 12.7 Å². The van der Waals surface area contributed by atoms with E-state index in [0.29, 0.717) is 22.2 Å². The summed E-state index contributed by atoms with van der Waals surface area (Å²) in [4.78, 5) is 16.9. The number of aromatic nitrogens is 1. The van der Waals surface area contributed by atoms with Crippen LogP contribution in [0.3, 0.4) is 0 Å². The van der Waals surface area contributed by atoms with Crippen LogP contribution < -0.4 is 5.32 Å². The Morgan fingerprint density at radius 1 is 1.12 bits per heavy atom. The second-order valence-corrected chi connectivity index (χ2v) is 5.51. The number of benzene rings is 2. The van der Waals surface area contributed by atoms with Gasteiger partial charge in [0, 0.05) is 22.5 Å². The van der Waals surface area contributed by atoms with Crippen molar-refractivity contribution < 1.29 is 13.6 Å². The third kappa shape index (κ3) is 2.22. The molecule has 0 saturated carbocycles. The fourth-order valence-corrected chi connectivity index (χ4v) is 2.81. The number of carbonyl (C=O) groups excluding carboxylic acids is 1. The number of nitrogens with zero attached hydrogens (tertiary/aromatic N) is 1. The highest BCUT2D eigenvalue weighted by Gasteiger charge is 2.20. The summed E-state index contributed by atoms with van der Waals surface area (Å²) in [6.07, 6.45) is 1.67. The van der Waals surface area contributed by atoms with Gasteiger partial charge >= 0.3 is 0 Å². The van der Waals surface area contributed by atoms with Crippen molar-refractivity contribution in [2.45, 2.75) is 6.92 Å². The molecule has 4 rings (SSSR count). The van der Waals surface area contributed by atoms with Crippen molar-refractivity contribution in [3.63, 3.8) is 0 Å². The molecule has 0 aliphatic carbocycles. The van der Waals surface area contributed by atoms with Gasteiger partial charge in [-0.05, 0) is 25.1 Å². The Balaban J connectivity index is 1.77. The van der Waals surface area contributed by atoms with E-state index in [1.165, 1.54) is 6.07 Å². The lowest BCUT2D eigenvalue weighted by Crippen LogP contribution is -2.12. The predicted molar refractivity (Wildman–Crippen MR) is 90.6 cm³/mol. The first-order valence-corrected chi connectivity index (χ1v) is 7.48. The zero-order valence-corrected chi connectivity index (χ0v) is 12.8. The lowest BCUT2D eigenvalue weighted by molar-refractivity contribution is 0.0998. The largest absolute Gasteiger partial charge is 0.448 e. The molecule has 2 aromatic heterocycles. The fraction of sp³-hybridized carbons (Fsp3) is 0.0526. The smallest absolute Gasteiger partial charge is 0.291 e. The third-order valence-electron chi connectivity index (χ3n) is 4.00. The van der Waals surface area contributed by atoms with Crippen LogP contribution in [0.25, 0.3) is 21.9 Å². The van der Waals surface area contributed by atoms with Crippen molar-refractivity contribution in [3.05, 3.63) is 71.9 Å². The van der Waals surface area contributed by atoms with Crippen molar-refractivity contribution in [1.82, 2.24) is 4.98 Å². The van der Waals surface area contributed by atoms with Crippen molar-refractivity contribution >= 4 is 33.5 Å². The molecule has 4 nitrogen and oxygen atoms in total. The molecule has 0 fully saturated rings. The Morgan fingerprint density at radius 2 is 1.92 bits per heavy atom. The number of furan rings is 1. The van der Waals surface area contributed by atoms with Crippen LogP contribution in [0.5, 0.6) is 0 Å². The number of para-hydroxylation sites is 2. The van der Waals surface area contributed by atoms with Gasteiger partial charge in [0.1, 0.15) is 0 Å². The van der Waals surface area contributed by atoms with E-state index in [1.54, 1.807) is 31.3 Å². The van der Waals surface area contributed by atoms with Gasteiger partial charge in [-0.25, -0.2) is 4.39 Å². The van der Waals surface area contributed by atoms with E-state index < -0.39 is 11.7 Å². The monoisotopic (exact) mass is 320 g/mol. The van der Waals surface area contributed by atoms with Gasteiger partial charge in [-0.3, -0.25) is 9.78 Å². The molecule has 0 bridgehead atoms. The molecule has 2 heterocycles. The summed E-state index contributed by atoms with van der Waals surface area (Å²) >= 11 is 0. The first-order valence-electron chi connectivity index (χ1n) is 7.48. The van der Waals surface area contributed by atoms with Crippen LogP contribution in [-0.4, -0.2) is 10.9 Å². The predicted octanol–water partition coefficient (Wildman–Crippen LogP) is 4.68. The van der Waals surface area contributed by atoms with Gasteiger partial charge in [0.05, 0.1) is 11.2 Å². The zero-order chi connectivity index (χ0) is 16.7. The molecular weight excluding hydrogens is 307 g/mol. The molecule has 24 heavy (non-hydrogen) atoms.